The quantitative estimate of drug-likeness (QED) is 0.260. The van der Waals surface area contributed by atoms with E-state index < -0.39 is 0 Å². The Kier molecular flexibility index (Phi) is 3.69. The standard InChI is InChI=1S/C12H3Br5O/c13-4-1-2-6-8(10(4)15)9-7(18-6)3-5(14)11(16)12(9)17/h1-3H. The first-order chi connectivity index (χ1) is 8.50. The summed E-state index contributed by atoms with van der Waals surface area (Å²) in [6, 6.07) is 5.88. The number of rotatable bonds is 0. The highest BCUT2D eigenvalue weighted by molar-refractivity contribution is 9.14. The van der Waals surface area contributed by atoms with E-state index in [2.05, 4.69) is 79.6 Å². The highest BCUT2D eigenvalue weighted by Crippen LogP contribution is 2.45. The average Bonchev–Trinajstić information content (AvgIpc) is 2.70. The van der Waals surface area contributed by atoms with Crippen LogP contribution in [0.25, 0.3) is 21.9 Å². The summed E-state index contributed by atoms with van der Waals surface area (Å²) in [6.45, 7) is 0. The Bertz CT molecular complexity index is 790. The van der Waals surface area contributed by atoms with Crippen LogP contribution in [0, 0.1) is 0 Å². The van der Waals surface area contributed by atoms with Gasteiger partial charge >= 0.3 is 0 Å². The Morgan fingerprint density at radius 2 is 1.33 bits per heavy atom. The van der Waals surface area contributed by atoms with Crippen molar-refractivity contribution in [1.29, 1.82) is 0 Å². The summed E-state index contributed by atoms with van der Waals surface area (Å²) in [6.07, 6.45) is 0. The number of hydrogen-bond acceptors (Lipinski definition) is 1. The predicted octanol–water partition coefficient (Wildman–Crippen LogP) is 7.40. The van der Waals surface area contributed by atoms with Crippen molar-refractivity contribution in [2.45, 2.75) is 0 Å². The fourth-order valence-electron chi connectivity index (χ4n) is 1.86. The van der Waals surface area contributed by atoms with Gasteiger partial charge in [0.15, 0.2) is 0 Å². The molecule has 0 aliphatic rings. The van der Waals surface area contributed by atoms with Crippen molar-refractivity contribution < 1.29 is 4.42 Å². The van der Waals surface area contributed by atoms with Gasteiger partial charge in [-0.3, -0.25) is 0 Å². The SMILES string of the molecule is Brc1cc2oc3ccc(Br)c(Br)c3c2c(Br)c1Br. The Balaban J connectivity index is 2.64. The maximum absolute atomic E-state index is 5.87. The minimum Gasteiger partial charge on any atom is -0.456 e. The van der Waals surface area contributed by atoms with Gasteiger partial charge in [0, 0.05) is 33.1 Å². The number of furan rings is 1. The first kappa shape index (κ1) is 13.6. The summed E-state index contributed by atoms with van der Waals surface area (Å²) < 4.78 is 10.8. The third-order valence-electron chi connectivity index (χ3n) is 2.65. The lowest BCUT2D eigenvalue weighted by Crippen LogP contribution is -1.77. The molecule has 0 saturated carbocycles. The molecule has 2 aromatic carbocycles. The van der Waals surface area contributed by atoms with Crippen LogP contribution in [0.3, 0.4) is 0 Å². The zero-order valence-corrected chi connectivity index (χ0v) is 16.5. The normalized spacial score (nSPS) is 11.6. The Morgan fingerprint density at radius 1 is 0.667 bits per heavy atom. The van der Waals surface area contributed by atoms with Gasteiger partial charge in [-0.1, -0.05) is 0 Å². The molecule has 0 saturated heterocycles. The second-order valence-corrected chi connectivity index (χ2v) is 7.78. The van der Waals surface area contributed by atoms with E-state index >= 15 is 0 Å². The Morgan fingerprint density at radius 3 is 2.06 bits per heavy atom. The molecule has 18 heavy (non-hydrogen) atoms. The van der Waals surface area contributed by atoms with Crippen molar-refractivity contribution >= 4 is 102 Å². The second kappa shape index (κ2) is 4.88. The average molecular weight is 563 g/mol. The monoisotopic (exact) mass is 558 g/mol. The van der Waals surface area contributed by atoms with E-state index in [-0.39, 0.29) is 0 Å². The van der Waals surface area contributed by atoms with Crippen molar-refractivity contribution in [2.24, 2.45) is 0 Å². The van der Waals surface area contributed by atoms with Gasteiger partial charge < -0.3 is 4.42 Å². The van der Waals surface area contributed by atoms with E-state index in [0.717, 1.165) is 44.3 Å². The van der Waals surface area contributed by atoms with Crippen molar-refractivity contribution in [1.82, 2.24) is 0 Å². The van der Waals surface area contributed by atoms with Crippen LogP contribution < -0.4 is 0 Å². The molecule has 0 unspecified atom stereocenters. The van der Waals surface area contributed by atoms with E-state index in [1.54, 1.807) is 0 Å². The second-order valence-electron chi connectivity index (χ2n) is 3.70. The summed E-state index contributed by atoms with van der Waals surface area (Å²) in [5.41, 5.74) is 1.69. The maximum atomic E-state index is 5.87. The maximum Gasteiger partial charge on any atom is 0.137 e. The molecule has 3 aromatic rings. The number of benzene rings is 2. The van der Waals surface area contributed by atoms with Gasteiger partial charge in [-0.15, -0.1) is 0 Å². The van der Waals surface area contributed by atoms with Crippen molar-refractivity contribution in [3.63, 3.8) is 0 Å². The summed E-state index contributed by atoms with van der Waals surface area (Å²) in [4.78, 5) is 0. The molecule has 3 rings (SSSR count). The number of halogens is 5. The molecule has 0 fully saturated rings. The fourth-order valence-corrected chi connectivity index (χ4v) is 4.30. The van der Waals surface area contributed by atoms with E-state index in [1.165, 1.54) is 0 Å². The van der Waals surface area contributed by atoms with Crippen LogP contribution in [0.4, 0.5) is 0 Å². The zero-order valence-electron chi connectivity index (χ0n) is 8.53. The van der Waals surface area contributed by atoms with Crippen molar-refractivity contribution in [3.05, 3.63) is 40.6 Å². The van der Waals surface area contributed by atoms with E-state index in [9.17, 15) is 0 Å². The lowest BCUT2D eigenvalue weighted by Gasteiger charge is -2.02. The topological polar surface area (TPSA) is 13.1 Å². The Hall–Kier alpha value is 0.640. The molecule has 1 aromatic heterocycles. The molecule has 0 N–H and O–H groups in total. The van der Waals surface area contributed by atoms with Gasteiger partial charge in [0.25, 0.3) is 0 Å². The first-order valence-electron chi connectivity index (χ1n) is 4.84. The van der Waals surface area contributed by atoms with Crippen LogP contribution >= 0.6 is 79.6 Å². The molecule has 1 nitrogen and oxygen atoms in total. The van der Waals surface area contributed by atoms with Crippen molar-refractivity contribution in [2.75, 3.05) is 0 Å². The molecule has 1 heterocycles. The molecule has 0 atom stereocenters. The van der Waals surface area contributed by atoms with Gasteiger partial charge in [-0.05, 0) is 97.8 Å². The first-order valence-corrected chi connectivity index (χ1v) is 8.81. The van der Waals surface area contributed by atoms with E-state index in [4.69, 9.17) is 4.42 Å². The molecule has 0 bridgehead atoms. The van der Waals surface area contributed by atoms with Crippen molar-refractivity contribution in [3.8, 4) is 0 Å². The zero-order chi connectivity index (χ0) is 13.0. The van der Waals surface area contributed by atoms with Crippen LogP contribution in [-0.4, -0.2) is 0 Å². The molecule has 0 aliphatic carbocycles. The smallest absolute Gasteiger partial charge is 0.137 e. The van der Waals surface area contributed by atoms with Gasteiger partial charge in [0.05, 0.1) is 0 Å². The summed E-state index contributed by atoms with van der Waals surface area (Å²) >= 11 is 17.8. The molecule has 92 valence electrons. The number of hydrogen-bond donors (Lipinski definition) is 0. The van der Waals surface area contributed by atoms with E-state index in [0.29, 0.717) is 0 Å². The largest absolute Gasteiger partial charge is 0.456 e. The van der Waals surface area contributed by atoms with Crippen LogP contribution in [-0.2, 0) is 0 Å². The van der Waals surface area contributed by atoms with Crippen LogP contribution in [0.5, 0.6) is 0 Å². The predicted molar refractivity (Wildman–Crippen MR) is 92.2 cm³/mol. The molecule has 0 radical (unpaired) electrons. The minimum atomic E-state index is 0.839. The lowest BCUT2D eigenvalue weighted by molar-refractivity contribution is 0.668. The summed E-state index contributed by atoms with van der Waals surface area (Å²) in [5, 5.41) is 2.10. The van der Waals surface area contributed by atoms with E-state index in [1.807, 2.05) is 18.2 Å². The third-order valence-corrected chi connectivity index (χ3v) is 7.98. The van der Waals surface area contributed by atoms with Crippen LogP contribution in [0.15, 0.2) is 45.0 Å². The number of fused-ring (bicyclic) bond motifs is 3. The molecule has 6 heteroatoms. The Labute approximate surface area is 145 Å². The van der Waals surface area contributed by atoms with Gasteiger partial charge in [-0.25, -0.2) is 0 Å². The van der Waals surface area contributed by atoms with Crippen LogP contribution in [0.1, 0.15) is 0 Å². The summed E-state index contributed by atoms with van der Waals surface area (Å²) in [7, 11) is 0. The highest BCUT2D eigenvalue weighted by atomic mass is 79.9. The molecular weight excluding hydrogens is 560 g/mol. The highest BCUT2D eigenvalue weighted by Gasteiger charge is 2.18. The molecule has 0 amide bonds. The molecule has 0 spiro atoms. The molecule has 0 aliphatic heterocycles. The van der Waals surface area contributed by atoms with Gasteiger partial charge in [0.1, 0.15) is 11.2 Å². The lowest BCUT2D eigenvalue weighted by atomic mass is 10.1. The summed E-state index contributed by atoms with van der Waals surface area (Å²) in [5.74, 6) is 0. The fraction of sp³-hybridized carbons (Fsp3) is 0. The van der Waals surface area contributed by atoms with Gasteiger partial charge in [0.2, 0.25) is 0 Å². The minimum absolute atomic E-state index is 0.839. The third kappa shape index (κ3) is 1.95. The molecular formula is C12H3Br5O. The van der Waals surface area contributed by atoms with Gasteiger partial charge in [-0.2, -0.15) is 0 Å². The van der Waals surface area contributed by atoms with Crippen LogP contribution in [0.2, 0.25) is 0 Å².